The molecule has 0 aliphatic rings. The highest BCUT2D eigenvalue weighted by Crippen LogP contribution is 2.15. The number of aromatic nitrogens is 2. The second-order valence-electron chi connectivity index (χ2n) is 3.30. The summed E-state index contributed by atoms with van der Waals surface area (Å²) in [5.74, 6) is -0.120. The molecule has 17 heavy (non-hydrogen) atoms. The fourth-order valence-corrected chi connectivity index (χ4v) is 1.83. The average molecular weight is 245 g/mol. The molecule has 1 amide bonds. The first-order chi connectivity index (χ1) is 8.27. The average Bonchev–Trinajstić information content (AvgIpc) is 2.90. The molecule has 0 N–H and O–H groups in total. The standard InChI is InChI=1S/C12H11N3OS/c1-15(12-14-8-9-17-12)11(16)6-5-10-4-2-3-7-13-10/h2-9H,1H3/b6-5+. The van der Waals surface area contributed by atoms with Crippen molar-refractivity contribution in [3.8, 4) is 0 Å². The number of amides is 1. The highest BCUT2D eigenvalue weighted by Gasteiger charge is 2.09. The second-order valence-corrected chi connectivity index (χ2v) is 4.17. The first-order valence-electron chi connectivity index (χ1n) is 5.03. The van der Waals surface area contributed by atoms with Gasteiger partial charge in [0.2, 0.25) is 0 Å². The lowest BCUT2D eigenvalue weighted by Crippen LogP contribution is -2.23. The number of pyridine rings is 1. The van der Waals surface area contributed by atoms with Gasteiger partial charge in [0, 0.05) is 30.9 Å². The van der Waals surface area contributed by atoms with E-state index >= 15 is 0 Å². The summed E-state index contributed by atoms with van der Waals surface area (Å²) in [6, 6.07) is 5.55. The summed E-state index contributed by atoms with van der Waals surface area (Å²) in [6.07, 6.45) is 6.54. The molecule has 2 rings (SSSR count). The minimum atomic E-state index is -0.120. The van der Waals surface area contributed by atoms with Crippen molar-refractivity contribution >= 4 is 28.5 Å². The van der Waals surface area contributed by atoms with E-state index < -0.39 is 0 Å². The van der Waals surface area contributed by atoms with Crippen molar-refractivity contribution in [2.24, 2.45) is 0 Å². The molecular weight excluding hydrogens is 234 g/mol. The van der Waals surface area contributed by atoms with E-state index in [0.717, 1.165) is 5.69 Å². The summed E-state index contributed by atoms with van der Waals surface area (Å²) in [4.78, 5) is 21.5. The monoisotopic (exact) mass is 245 g/mol. The molecule has 2 aromatic rings. The second kappa shape index (κ2) is 5.36. The van der Waals surface area contributed by atoms with Crippen LogP contribution in [0.2, 0.25) is 0 Å². The maximum absolute atomic E-state index is 11.8. The van der Waals surface area contributed by atoms with E-state index in [0.29, 0.717) is 5.13 Å². The number of anilines is 1. The van der Waals surface area contributed by atoms with E-state index in [4.69, 9.17) is 0 Å². The van der Waals surface area contributed by atoms with Gasteiger partial charge in [0.25, 0.3) is 5.91 Å². The quantitative estimate of drug-likeness (QED) is 0.779. The van der Waals surface area contributed by atoms with Crippen LogP contribution in [0.25, 0.3) is 6.08 Å². The van der Waals surface area contributed by atoms with Crippen LogP contribution >= 0.6 is 11.3 Å². The van der Waals surface area contributed by atoms with Crippen molar-refractivity contribution in [1.29, 1.82) is 0 Å². The Morgan fingerprint density at radius 2 is 2.24 bits per heavy atom. The minimum Gasteiger partial charge on any atom is -0.288 e. The summed E-state index contributed by atoms with van der Waals surface area (Å²) in [6.45, 7) is 0. The lowest BCUT2D eigenvalue weighted by atomic mass is 10.3. The molecule has 0 aliphatic heterocycles. The highest BCUT2D eigenvalue weighted by atomic mass is 32.1. The molecule has 0 saturated carbocycles. The Balaban J connectivity index is 2.05. The van der Waals surface area contributed by atoms with Crippen LogP contribution < -0.4 is 4.90 Å². The van der Waals surface area contributed by atoms with Gasteiger partial charge in [-0.15, -0.1) is 11.3 Å². The third-order valence-corrected chi connectivity index (χ3v) is 2.97. The van der Waals surface area contributed by atoms with Crippen LogP contribution in [0, 0.1) is 0 Å². The van der Waals surface area contributed by atoms with Gasteiger partial charge in [-0.25, -0.2) is 4.98 Å². The van der Waals surface area contributed by atoms with Crippen LogP contribution in [0.1, 0.15) is 5.69 Å². The van der Waals surface area contributed by atoms with Crippen LogP contribution in [-0.4, -0.2) is 22.9 Å². The van der Waals surface area contributed by atoms with Gasteiger partial charge in [0.05, 0.1) is 5.69 Å². The largest absolute Gasteiger partial charge is 0.288 e. The maximum Gasteiger partial charge on any atom is 0.252 e. The molecule has 0 unspecified atom stereocenters. The van der Waals surface area contributed by atoms with Crippen molar-refractivity contribution in [2.45, 2.75) is 0 Å². The lowest BCUT2D eigenvalue weighted by Gasteiger charge is -2.10. The van der Waals surface area contributed by atoms with Gasteiger partial charge < -0.3 is 0 Å². The smallest absolute Gasteiger partial charge is 0.252 e. The molecule has 86 valence electrons. The summed E-state index contributed by atoms with van der Waals surface area (Å²) >= 11 is 1.43. The Hall–Kier alpha value is -2.01. The van der Waals surface area contributed by atoms with E-state index in [1.54, 1.807) is 25.5 Å². The number of hydrogen-bond donors (Lipinski definition) is 0. The van der Waals surface area contributed by atoms with Crippen LogP contribution in [0.15, 0.2) is 42.0 Å². The van der Waals surface area contributed by atoms with Gasteiger partial charge >= 0.3 is 0 Å². The van der Waals surface area contributed by atoms with Crippen LogP contribution in [0.4, 0.5) is 5.13 Å². The summed E-state index contributed by atoms with van der Waals surface area (Å²) < 4.78 is 0. The fraction of sp³-hybridized carbons (Fsp3) is 0.0833. The van der Waals surface area contributed by atoms with Crippen molar-refractivity contribution in [1.82, 2.24) is 9.97 Å². The van der Waals surface area contributed by atoms with E-state index in [-0.39, 0.29) is 5.91 Å². The van der Waals surface area contributed by atoms with E-state index in [2.05, 4.69) is 9.97 Å². The van der Waals surface area contributed by atoms with Gasteiger partial charge in [0.1, 0.15) is 0 Å². The Bertz CT molecular complexity index is 508. The van der Waals surface area contributed by atoms with Gasteiger partial charge in [0.15, 0.2) is 5.13 Å². The van der Waals surface area contributed by atoms with Gasteiger partial charge in [-0.3, -0.25) is 14.7 Å². The first-order valence-corrected chi connectivity index (χ1v) is 5.91. The number of carbonyl (C=O) groups is 1. The molecule has 0 fully saturated rings. The Morgan fingerprint density at radius 3 is 2.88 bits per heavy atom. The molecule has 0 aliphatic carbocycles. The predicted molar refractivity (Wildman–Crippen MR) is 68.8 cm³/mol. The normalized spacial score (nSPS) is 10.6. The molecule has 0 atom stereocenters. The zero-order valence-electron chi connectivity index (χ0n) is 9.28. The lowest BCUT2D eigenvalue weighted by molar-refractivity contribution is -0.113. The molecule has 0 radical (unpaired) electrons. The number of nitrogens with zero attached hydrogens (tertiary/aromatic N) is 3. The van der Waals surface area contributed by atoms with Gasteiger partial charge in [-0.05, 0) is 18.2 Å². The predicted octanol–water partition coefficient (Wildman–Crippen LogP) is 2.21. The van der Waals surface area contributed by atoms with E-state index in [1.165, 1.54) is 22.3 Å². The van der Waals surface area contributed by atoms with Crippen molar-refractivity contribution < 1.29 is 4.79 Å². The van der Waals surface area contributed by atoms with E-state index in [1.807, 2.05) is 23.6 Å². The van der Waals surface area contributed by atoms with Crippen LogP contribution in [0.5, 0.6) is 0 Å². The molecular formula is C12H11N3OS. The third-order valence-electron chi connectivity index (χ3n) is 2.12. The molecule has 2 heterocycles. The first kappa shape index (κ1) is 11.5. The number of likely N-dealkylation sites (N-methyl/N-ethyl adjacent to an activating group) is 1. The maximum atomic E-state index is 11.8. The number of carbonyl (C=O) groups excluding carboxylic acids is 1. The molecule has 4 nitrogen and oxygen atoms in total. The molecule has 0 saturated heterocycles. The van der Waals surface area contributed by atoms with Crippen LogP contribution in [0.3, 0.4) is 0 Å². The summed E-state index contributed by atoms with van der Waals surface area (Å²) in [5.41, 5.74) is 0.758. The van der Waals surface area contributed by atoms with Crippen molar-refractivity contribution in [3.63, 3.8) is 0 Å². The summed E-state index contributed by atoms with van der Waals surface area (Å²) in [5, 5.41) is 2.52. The summed E-state index contributed by atoms with van der Waals surface area (Å²) in [7, 11) is 1.70. The number of thiazole rings is 1. The topological polar surface area (TPSA) is 46.1 Å². The number of hydrogen-bond acceptors (Lipinski definition) is 4. The molecule has 5 heteroatoms. The zero-order chi connectivity index (χ0) is 12.1. The van der Waals surface area contributed by atoms with Crippen molar-refractivity contribution in [3.05, 3.63) is 47.7 Å². The highest BCUT2D eigenvalue weighted by molar-refractivity contribution is 7.13. The third kappa shape index (κ3) is 2.98. The van der Waals surface area contributed by atoms with E-state index in [9.17, 15) is 4.79 Å². The molecule has 0 aromatic carbocycles. The number of rotatable bonds is 3. The van der Waals surface area contributed by atoms with Gasteiger partial charge in [-0.1, -0.05) is 6.07 Å². The Kier molecular flexibility index (Phi) is 3.62. The van der Waals surface area contributed by atoms with Crippen LogP contribution in [-0.2, 0) is 4.79 Å². The SMILES string of the molecule is CN(C(=O)/C=C/c1ccccn1)c1nccs1. The fourth-order valence-electron chi connectivity index (χ4n) is 1.22. The zero-order valence-corrected chi connectivity index (χ0v) is 10.1. The minimum absolute atomic E-state index is 0.120. The molecule has 2 aromatic heterocycles. The molecule has 0 spiro atoms. The van der Waals surface area contributed by atoms with Gasteiger partial charge in [-0.2, -0.15) is 0 Å². The Labute approximate surface area is 103 Å². The van der Waals surface area contributed by atoms with Crippen molar-refractivity contribution in [2.75, 3.05) is 11.9 Å². The molecule has 0 bridgehead atoms. The Morgan fingerprint density at radius 1 is 1.35 bits per heavy atom.